The highest BCUT2D eigenvalue weighted by molar-refractivity contribution is 5.78. The van der Waals surface area contributed by atoms with Crippen LogP contribution in [0.2, 0.25) is 0 Å². The SMILES string of the molecule is CCC(CC)C(=O)NCC(c1ccccc1OC)N1CCCCC1. The average molecular weight is 332 g/mol. The third kappa shape index (κ3) is 4.73. The van der Waals surface area contributed by atoms with Crippen LogP contribution in [-0.4, -0.2) is 37.6 Å². The molecule has 0 aliphatic carbocycles. The monoisotopic (exact) mass is 332 g/mol. The van der Waals surface area contributed by atoms with Crippen molar-refractivity contribution in [1.29, 1.82) is 0 Å². The lowest BCUT2D eigenvalue weighted by Crippen LogP contribution is -2.42. The van der Waals surface area contributed by atoms with Gasteiger partial charge in [0.25, 0.3) is 0 Å². The van der Waals surface area contributed by atoms with E-state index < -0.39 is 0 Å². The Morgan fingerprint density at radius 3 is 2.46 bits per heavy atom. The number of amides is 1. The molecule has 1 heterocycles. The van der Waals surface area contributed by atoms with Crippen LogP contribution in [0.1, 0.15) is 57.6 Å². The molecule has 134 valence electrons. The van der Waals surface area contributed by atoms with Crippen LogP contribution >= 0.6 is 0 Å². The normalized spacial score (nSPS) is 16.8. The summed E-state index contributed by atoms with van der Waals surface area (Å²) in [6, 6.07) is 8.37. The molecule has 1 aromatic carbocycles. The van der Waals surface area contributed by atoms with Crippen LogP contribution in [0.15, 0.2) is 24.3 Å². The third-order valence-electron chi connectivity index (χ3n) is 5.16. The predicted octanol–water partition coefficient (Wildman–Crippen LogP) is 3.77. The first-order valence-electron chi connectivity index (χ1n) is 9.35. The number of hydrogen-bond donors (Lipinski definition) is 1. The Bertz CT molecular complexity index is 508. The number of hydrogen-bond acceptors (Lipinski definition) is 3. The number of rotatable bonds is 8. The van der Waals surface area contributed by atoms with E-state index in [4.69, 9.17) is 4.74 Å². The van der Waals surface area contributed by atoms with Gasteiger partial charge in [-0.15, -0.1) is 0 Å². The summed E-state index contributed by atoms with van der Waals surface area (Å²) >= 11 is 0. The van der Waals surface area contributed by atoms with Crippen LogP contribution in [0.3, 0.4) is 0 Å². The van der Waals surface area contributed by atoms with Gasteiger partial charge < -0.3 is 10.1 Å². The Morgan fingerprint density at radius 1 is 1.17 bits per heavy atom. The van der Waals surface area contributed by atoms with Crippen LogP contribution in [0.25, 0.3) is 0 Å². The zero-order valence-corrected chi connectivity index (χ0v) is 15.4. The summed E-state index contributed by atoms with van der Waals surface area (Å²) in [5.74, 6) is 1.20. The second kappa shape index (κ2) is 9.67. The molecule has 1 amide bonds. The van der Waals surface area contributed by atoms with Crippen molar-refractivity contribution in [3.05, 3.63) is 29.8 Å². The zero-order chi connectivity index (χ0) is 17.4. The second-order valence-corrected chi connectivity index (χ2v) is 6.61. The summed E-state index contributed by atoms with van der Waals surface area (Å²) in [7, 11) is 1.72. The van der Waals surface area contributed by atoms with E-state index in [0.717, 1.165) is 31.7 Å². The van der Waals surface area contributed by atoms with E-state index in [1.165, 1.54) is 24.8 Å². The number of ether oxygens (including phenoxy) is 1. The first-order valence-corrected chi connectivity index (χ1v) is 9.35. The maximum Gasteiger partial charge on any atom is 0.223 e. The first-order chi connectivity index (χ1) is 11.7. The lowest BCUT2D eigenvalue weighted by molar-refractivity contribution is -0.125. The molecule has 1 unspecified atom stereocenters. The Balaban J connectivity index is 2.15. The average Bonchev–Trinajstić information content (AvgIpc) is 2.64. The van der Waals surface area contributed by atoms with Crippen molar-refractivity contribution in [3.63, 3.8) is 0 Å². The molecule has 4 nitrogen and oxygen atoms in total. The number of para-hydroxylation sites is 1. The molecule has 1 aliphatic heterocycles. The number of likely N-dealkylation sites (tertiary alicyclic amines) is 1. The number of piperidine rings is 1. The van der Waals surface area contributed by atoms with E-state index in [0.29, 0.717) is 6.54 Å². The van der Waals surface area contributed by atoms with Gasteiger partial charge in [0, 0.05) is 18.0 Å². The lowest BCUT2D eigenvalue weighted by atomic mass is 9.99. The van der Waals surface area contributed by atoms with Gasteiger partial charge in [-0.2, -0.15) is 0 Å². The number of carbonyl (C=O) groups excluding carboxylic acids is 1. The van der Waals surface area contributed by atoms with E-state index in [1.807, 2.05) is 12.1 Å². The molecule has 0 saturated carbocycles. The molecule has 1 fully saturated rings. The standard InChI is InChI=1S/C20H32N2O2/c1-4-16(5-2)20(23)21-15-18(22-13-9-6-10-14-22)17-11-7-8-12-19(17)24-3/h7-8,11-12,16,18H,4-6,9-10,13-15H2,1-3H3,(H,21,23). The fraction of sp³-hybridized carbons (Fsp3) is 0.650. The van der Waals surface area contributed by atoms with Gasteiger partial charge in [-0.25, -0.2) is 0 Å². The number of nitrogens with zero attached hydrogens (tertiary/aromatic N) is 1. The molecule has 1 atom stereocenters. The van der Waals surface area contributed by atoms with Crippen LogP contribution < -0.4 is 10.1 Å². The molecular weight excluding hydrogens is 300 g/mol. The van der Waals surface area contributed by atoms with E-state index in [1.54, 1.807) is 7.11 Å². The van der Waals surface area contributed by atoms with Gasteiger partial charge in [0.2, 0.25) is 5.91 Å². The van der Waals surface area contributed by atoms with Crippen molar-refractivity contribution in [2.45, 2.75) is 52.0 Å². The van der Waals surface area contributed by atoms with Crippen molar-refractivity contribution >= 4 is 5.91 Å². The zero-order valence-electron chi connectivity index (χ0n) is 15.4. The minimum atomic E-state index is 0.115. The molecule has 0 spiro atoms. The van der Waals surface area contributed by atoms with Crippen molar-refractivity contribution < 1.29 is 9.53 Å². The van der Waals surface area contributed by atoms with Crippen LogP contribution in [0, 0.1) is 5.92 Å². The van der Waals surface area contributed by atoms with Crippen molar-refractivity contribution in [1.82, 2.24) is 10.2 Å². The smallest absolute Gasteiger partial charge is 0.223 e. The Kier molecular flexibility index (Phi) is 7.57. The molecular formula is C20H32N2O2. The number of methoxy groups -OCH3 is 1. The van der Waals surface area contributed by atoms with Crippen LogP contribution in [-0.2, 0) is 4.79 Å². The highest BCUT2D eigenvalue weighted by atomic mass is 16.5. The van der Waals surface area contributed by atoms with Gasteiger partial charge in [0.15, 0.2) is 0 Å². The summed E-state index contributed by atoms with van der Waals surface area (Å²) in [4.78, 5) is 14.9. The van der Waals surface area contributed by atoms with Gasteiger partial charge >= 0.3 is 0 Å². The molecule has 2 rings (SSSR count). The fourth-order valence-electron chi connectivity index (χ4n) is 3.61. The summed E-state index contributed by atoms with van der Waals surface area (Å²) < 4.78 is 5.57. The second-order valence-electron chi connectivity index (χ2n) is 6.61. The largest absolute Gasteiger partial charge is 0.496 e. The quantitative estimate of drug-likeness (QED) is 0.788. The Hall–Kier alpha value is -1.55. The summed E-state index contributed by atoms with van der Waals surface area (Å²) in [5.41, 5.74) is 1.17. The maximum atomic E-state index is 12.4. The van der Waals surface area contributed by atoms with Gasteiger partial charge in [-0.05, 0) is 44.8 Å². The number of carbonyl (C=O) groups is 1. The van der Waals surface area contributed by atoms with E-state index >= 15 is 0 Å². The maximum absolute atomic E-state index is 12.4. The highest BCUT2D eigenvalue weighted by Gasteiger charge is 2.26. The highest BCUT2D eigenvalue weighted by Crippen LogP contribution is 2.31. The first kappa shape index (κ1) is 18.8. The van der Waals surface area contributed by atoms with Gasteiger partial charge in [-0.3, -0.25) is 9.69 Å². The predicted molar refractivity (Wildman–Crippen MR) is 98.2 cm³/mol. The van der Waals surface area contributed by atoms with Crippen molar-refractivity contribution in [3.8, 4) is 5.75 Å². The lowest BCUT2D eigenvalue weighted by Gasteiger charge is -2.35. The van der Waals surface area contributed by atoms with E-state index in [-0.39, 0.29) is 17.9 Å². The van der Waals surface area contributed by atoms with Crippen molar-refractivity contribution in [2.24, 2.45) is 5.92 Å². The molecule has 1 N–H and O–H groups in total. The molecule has 1 aromatic rings. The summed E-state index contributed by atoms with van der Waals surface area (Å²) in [6.45, 7) is 6.98. The number of benzene rings is 1. The van der Waals surface area contributed by atoms with Crippen LogP contribution in [0.4, 0.5) is 0 Å². The minimum absolute atomic E-state index is 0.115. The molecule has 1 saturated heterocycles. The van der Waals surface area contributed by atoms with E-state index in [9.17, 15) is 4.79 Å². The molecule has 4 heteroatoms. The molecule has 24 heavy (non-hydrogen) atoms. The molecule has 0 aromatic heterocycles. The summed E-state index contributed by atoms with van der Waals surface area (Å²) in [5, 5.41) is 3.20. The van der Waals surface area contributed by atoms with Gasteiger partial charge in [-0.1, -0.05) is 38.5 Å². The molecule has 0 bridgehead atoms. The topological polar surface area (TPSA) is 41.6 Å². The Labute approximate surface area is 146 Å². The fourth-order valence-corrected chi connectivity index (χ4v) is 3.61. The third-order valence-corrected chi connectivity index (χ3v) is 5.16. The van der Waals surface area contributed by atoms with Crippen LogP contribution in [0.5, 0.6) is 5.75 Å². The number of nitrogens with one attached hydrogen (secondary N) is 1. The van der Waals surface area contributed by atoms with Crippen molar-refractivity contribution in [2.75, 3.05) is 26.7 Å². The molecule has 0 radical (unpaired) electrons. The Morgan fingerprint density at radius 2 is 1.83 bits per heavy atom. The minimum Gasteiger partial charge on any atom is -0.496 e. The van der Waals surface area contributed by atoms with E-state index in [2.05, 4.69) is 36.2 Å². The van der Waals surface area contributed by atoms with Gasteiger partial charge in [0.1, 0.15) is 5.75 Å². The molecule has 1 aliphatic rings. The van der Waals surface area contributed by atoms with Gasteiger partial charge in [0.05, 0.1) is 13.2 Å². The summed E-state index contributed by atoms with van der Waals surface area (Å²) in [6.07, 6.45) is 5.55.